The fourth-order valence-corrected chi connectivity index (χ4v) is 6.32. The summed E-state index contributed by atoms with van der Waals surface area (Å²) in [5.74, 6) is -2.41. The minimum absolute atomic E-state index is 0.0634. The van der Waals surface area contributed by atoms with Crippen molar-refractivity contribution in [2.45, 2.75) is 70.5 Å². The molecule has 194 valence electrons. The first-order chi connectivity index (χ1) is 17.3. The number of aliphatic hydroxyl groups excluding tert-OH is 1. The van der Waals surface area contributed by atoms with E-state index in [1.165, 1.54) is 4.90 Å². The number of hydrogen-bond acceptors (Lipinski definition) is 7. The molecule has 2 bridgehead atoms. The molecule has 2 unspecified atom stereocenters. The number of rotatable bonds is 9. The molecule has 6 atom stereocenters. The first-order valence-corrected chi connectivity index (χ1v) is 12.8. The lowest BCUT2D eigenvalue weighted by Crippen LogP contribution is -2.59. The SMILES string of the molecule is CCCNC(=O)[C@@H]1[C@@H]2CCC3(O2)C(C(=O)NCn2nnc4ccccc42)N([C@@H](CO)C(C)C)C(=O)[C@H]13. The quantitative estimate of drug-likeness (QED) is 0.455. The molecule has 11 heteroatoms. The number of amides is 3. The zero-order chi connectivity index (χ0) is 25.6. The third-order valence-corrected chi connectivity index (χ3v) is 7.98. The smallest absolute Gasteiger partial charge is 0.247 e. The molecule has 0 radical (unpaired) electrons. The molecular weight excluding hydrogens is 464 g/mol. The Kier molecular flexibility index (Phi) is 6.46. The lowest BCUT2D eigenvalue weighted by atomic mass is 9.70. The Balaban J connectivity index is 1.47. The fraction of sp³-hybridized carbons (Fsp3) is 0.640. The predicted molar refractivity (Wildman–Crippen MR) is 129 cm³/mol. The number of benzene rings is 1. The molecular formula is C25H34N6O5. The Labute approximate surface area is 209 Å². The van der Waals surface area contributed by atoms with Crippen LogP contribution in [0, 0.1) is 17.8 Å². The average Bonchev–Trinajstić information content (AvgIpc) is 3.61. The molecule has 3 fully saturated rings. The summed E-state index contributed by atoms with van der Waals surface area (Å²) in [5, 5.41) is 24.3. The van der Waals surface area contributed by atoms with Crippen molar-refractivity contribution in [3.63, 3.8) is 0 Å². The molecule has 3 aliphatic heterocycles. The van der Waals surface area contributed by atoms with Crippen LogP contribution in [-0.2, 0) is 25.8 Å². The summed E-state index contributed by atoms with van der Waals surface area (Å²) in [4.78, 5) is 42.4. The molecule has 0 saturated carbocycles. The van der Waals surface area contributed by atoms with Crippen molar-refractivity contribution in [3.8, 4) is 0 Å². The number of likely N-dealkylation sites (tertiary alicyclic amines) is 1. The van der Waals surface area contributed by atoms with Gasteiger partial charge in [0, 0.05) is 6.54 Å². The van der Waals surface area contributed by atoms with E-state index in [2.05, 4.69) is 20.9 Å². The Morgan fingerprint density at radius 2 is 2.03 bits per heavy atom. The van der Waals surface area contributed by atoms with Gasteiger partial charge in [0.05, 0.1) is 36.1 Å². The molecule has 36 heavy (non-hydrogen) atoms. The van der Waals surface area contributed by atoms with E-state index in [1.807, 2.05) is 45.0 Å². The maximum Gasteiger partial charge on any atom is 0.247 e. The number of carbonyl (C=O) groups excluding carboxylic acids is 3. The molecule has 3 saturated heterocycles. The van der Waals surface area contributed by atoms with Crippen LogP contribution >= 0.6 is 0 Å². The van der Waals surface area contributed by atoms with Crippen LogP contribution in [0.3, 0.4) is 0 Å². The summed E-state index contributed by atoms with van der Waals surface area (Å²) in [6, 6.07) is 5.90. The van der Waals surface area contributed by atoms with Crippen molar-refractivity contribution in [3.05, 3.63) is 24.3 Å². The summed E-state index contributed by atoms with van der Waals surface area (Å²) >= 11 is 0. The van der Waals surface area contributed by atoms with Gasteiger partial charge in [-0.1, -0.05) is 38.1 Å². The number of aliphatic hydroxyl groups is 1. The zero-order valence-corrected chi connectivity index (χ0v) is 20.9. The second-order valence-electron chi connectivity index (χ2n) is 10.4. The van der Waals surface area contributed by atoms with Gasteiger partial charge in [-0.3, -0.25) is 14.4 Å². The molecule has 11 nitrogen and oxygen atoms in total. The number of nitrogens with one attached hydrogen (secondary N) is 2. The highest BCUT2D eigenvalue weighted by molar-refractivity contribution is 5.99. The van der Waals surface area contributed by atoms with E-state index >= 15 is 0 Å². The van der Waals surface area contributed by atoms with Crippen LogP contribution in [0.5, 0.6) is 0 Å². The number of aromatic nitrogens is 3. The third-order valence-electron chi connectivity index (χ3n) is 7.98. The predicted octanol–water partition coefficient (Wildman–Crippen LogP) is 0.423. The number of para-hydroxylation sites is 1. The van der Waals surface area contributed by atoms with E-state index < -0.39 is 35.6 Å². The van der Waals surface area contributed by atoms with E-state index in [0.717, 1.165) is 11.9 Å². The van der Waals surface area contributed by atoms with Gasteiger partial charge in [-0.15, -0.1) is 5.10 Å². The average molecular weight is 499 g/mol. The van der Waals surface area contributed by atoms with Crippen LogP contribution in [0.25, 0.3) is 11.0 Å². The number of ether oxygens (including phenoxy) is 1. The van der Waals surface area contributed by atoms with Gasteiger partial charge in [0.1, 0.15) is 23.8 Å². The lowest BCUT2D eigenvalue weighted by molar-refractivity contribution is -0.147. The highest BCUT2D eigenvalue weighted by Crippen LogP contribution is 2.59. The summed E-state index contributed by atoms with van der Waals surface area (Å²) in [6.45, 7) is 6.06. The third kappa shape index (κ3) is 3.67. The summed E-state index contributed by atoms with van der Waals surface area (Å²) < 4.78 is 8.00. The summed E-state index contributed by atoms with van der Waals surface area (Å²) in [6.07, 6.45) is 1.48. The van der Waals surface area contributed by atoms with Gasteiger partial charge >= 0.3 is 0 Å². The minimum Gasteiger partial charge on any atom is -0.394 e. The Bertz CT molecular complexity index is 1170. The number of nitrogens with zero attached hydrogens (tertiary/aromatic N) is 4. The van der Waals surface area contributed by atoms with Gasteiger partial charge in [-0.25, -0.2) is 4.68 Å². The topological polar surface area (TPSA) is 139 Å². The second-order valence-corrected chi connectivity index (χ2v) is 10.4. The van der Waals surface area contributed by atoms with Crippen molar-refractivity contribution in [1.29, 1.82) is 0 Å². The Morgan fingerprint density at radius 1 is 1.25 bits per heavy atom. The van der Waals surface area contributed by atoms with Gasteiger partial charge in [-0.05, 0) is 37.3 Å². The fourth-order valence-electron chi connectivity index (χ4n) is 6.32. The standard InChI is InChI=1S/C25H34N6O5/c1-4-11-26-22(33)19-18-9-10-25(36-18)20(19)24(35)31(17(12-32)14(2)3)21(25)23(34)27-13-30-16-8-6-5-7-15(16)28-29-30/h5-8,14,17-21,32H,4,9-13H2,1-3H3,(H,26,33)(H,27,34)/t17-,18-,19+,20-,21?,25?/m0/s1. The van der Waals surface area contributed by atoms with Crippen LogP contribution in [0.1, 0.15) is 40.0 Å². The maximum atomic E-state index is 13.9. The molecule has 1 spiro atoms. The van der Waals surface area contributed by atoms with E-state index in [9.17, 15) is 19.5 Å². The molecule has 3 aliphatic rings. The van der Waals surface area contributed by atoms with Crippen LogP contribution < -0.4 is 10.6 Å². The molecule has 2 aromatic rings. The van der Waals surface area contributed by atoms with E-state index in [-0.39, 0.29) is 36.9 Å². The van der Waals surface area contributed by atoms with E-state index in [1.54, 1.807) is 4.68 Å². The molecule has 1 aromatic carbocycles. The molecule has 0 aliphatic carbocycles. The number of hydrogen-bond donors (Lipinski definition) is 3. The molecule has 4 heterocycles. The summed E-state index contributed by atoms with van der Waals surface area (Å²) in [7, 11) is 0. The highest BCUT2D eigenvalue weighted by Gasteiger charge is 2.75. The van der Waals surface area contributed by atoms with Crippen molar-refractivity contribution < 1.29 is 24.2 Å². The van der Waals surface area contributed by atoms with E-state index in [4.69, 9.17) is 4.74 Å². The van der Waals surface area contributed by atoms with Crippen molar-refractivity contribution in [2.75, 3.05) is 13.2 Å². The van der Waals surface area contributed by atoms with Crippen molar-refractivity contribution >= 4 is 28.8 Å². The van der Waals surface area contributed by atoms with Gasteiger partial charge in [-0.2, -0.15) is 0 Å². The van der Waals surface area contributed by atoms with Crippen LogP contribution in [0.2, 0.25) is 0 Å². The minimum atomic E-state index is -1.10. The Morgan fingerprint density at radius 3 is 2.75 bits per heavy atom. The molecule has 5 rings (SSSR count). The zero-order valence-electron chi connectivity index (χ0n) is 20.9. The van der Waals surface area contributed by atoms with Crippen LogP contribution in [-0.4, -0.2) is 79.7 Å². The Hall–Kier alpha value is -3.05. The van der Waals surface area contributed by atoms with Gasteiger partial charge < -0.3 is 25.4 Å². The first kappa shape index (κ1) is 24.6. The van der Waals surface area contributed by atoms with Gasteiger partial charge in [0.25, 0.3) is 0 Å². The van der Waals surface area contributed by atoms with Crippen molar-refractivity contribution in [1.82, 2.24) is 30.5 Å². The molecule has 3 amide bonds. The maximum absolute atomic E-state index is 13.9. The lowest BCUT2D eigenvalue weighted by Gasteiger charge is -2.38. The monoisotopic (exact) mass is 498 g/mol. The normalized spacial score (nSPS) is 29.7. The van der Waals surface area contributed by atoms with Gasteiger partial charge in [0.15, 0.2) is 0 Å². The number of carbonyl (C=O) groups is 3. The van der Waals surface area contributed by atoms with Crippen LogP contribution in [0.4, 0.5) is 0 Å². The molecule has 3 N–H and O–H groups in total. The van der Waals surface area contributed by atoms with Gasteiger partial charge in [0.2, 0.25) is 17.7 Å². The van der Waals surface area contributed by atoms with Crippen molar-refractivity contribution in [2.24, 2.45) is 17.8 Å². The van der Waals surface area contributed by atoms with E-state index in [0.29, 0.717) is 24.9 Å². The first-order valence-electron chi connectivity index (χ1n) is 12.8. The largest absolute Gasteiger partial charge is 0.394 e. The summed E-state index contributed by atoms with van der Waals surface area (Å²) in [5.41, 5.74) is 0.378. The highest BCUT2D eigenvalue weighted by atomic mass is 16.5. The number of fused-ring (bicyclic) bond motifs is 2. The molecule has 1 aromatic heterocycles. The van der Waals surface area contributed by atoms with Crippen LogP contribution in [0.15, 0.2) is 24.3 Å². The second kappa shape index (κ2) is 9.44.